The molecule has 2 rings (SSSR count). The number of halogens is 1. The lowest BCUT2D eigenvalue weighted by Crippen LogP contribution is -2.33. The number of ether oxygens (including phenoxy) is 1. The van der Waals surface area contributed by atoms with Gasteiger partial charge in [0.25, 0.3) is 10.0 Å². The molecule has 6 nitrogen and oxygen atoms in total. The summed E-state index contributed by atoms with van der Waals surface area (Å²) in [5.74, 6) is -0.659. The van der Waals surface area contributed by atoms with Crippen LogP contribution in [0, 0.1) is 0 Å². The smallest absolute Gasteiger partial charge is 0.350 e. The Kier molecular flexibility index (Phi) is 6.49. The maximum atomic E-state index is 13.3. The zero-order valence-corrected chi connectivity index (χ0v) is 18.6. The summed E-state index contributed by atoms with van der Waals surface area (Å²) in [6.45, 7) is 5.65. The normalized spacial score (nSPS) is 11.9. The summed E-state index contributed by atoms with van der Waals surface area (Å²) < 4.78 is 32.5. The number of thiophene rings is 1. The quantitative estimate of drug-likeness (QED) is 0.467. The van der Waals surface area contributed by atoms with Crippen LogP contribution < -0.4 is 4.31 Å². The average molecular weight is 474 g/mol. The van der Waals surface area contributed by atoms with Gasteiger partial charge in [-0.1, -0.05) is 26.8 Å². The first-order valence-corrected chi connectivity index (χ1v) is 11.1. The second-order valence-electron chi connectivity index (χ2n) is 6.72. The van der Waals surface area contributed by atoms with Gasteiger partial charge in [0, 0.05) is 4.47 Å². The number of benzene rings is 1. The minimum Gasteiger partial charge on any atom is -0.465 e. The second kappa shape index (κ2) is 8.12. The third-order valence-corrected chi connectivity index (χ3v) is 7.53. The molecule has 0 amide bonds. The van der Waals surface area contributed by atoms with Crippen molar-refractivity contribution in [1.82, 2.24) is 0 Å². The molecule has 0 fully saturated rings. The molecule has 0 atom stereocenters. The van der Waals surface area contributed by atoms with E-state index >= 15 is 0 Å². The monoisotopic (exact) mass is 473 g/mol. The van der Waals surface area contributed by atoms with E-state index in [1.54, 1.807) is 17.5 Å². The minimum absolute atomic E-state index is 0.0133. The number of esters is 1. The molecule has 1 heterocycles. The van der Waals surface area contributed by atoms with Crippen molar-refractivity contribution in [3.63, 3.8) is 0 Å². The van der Waals surface area contributed by atoms with Gasteiger partial charge in [0.2, 0.25) is 0 Å². The first kappa shape index (κ1) is 21.6. The molecule has 0 aliphatic carbocycles. The minimum atomic E-state index is -4.09. The van der Waals surface area contributed by atoms with Gasteiger partial charge in [-0.15, -0.1) is 11.3 Å². The fraction of sp³-hybridized carbons (Fsp3) is 0.333. The van der Waals surface area contributed by atoms with Crippen molar-refractivity contribution >= 4 is 55.2 Å². The van der Waals surface area contributed by atoms with Crippen LogP contribution >= 0.6 is 27.3 Å². The molecule has 9 heteroatoms. The first-order chi connectivity index (χ1) is 12.5. The fourth-order valence-corrected chi connectivity index (χ4v) is 5.75. The Bertz CT molecular complexity index is 960. The number of carbonyl (C=O) groups excluding carboxylic acids is 2. The van der Waals surface area contributed by atoms with Crippen LogP contribution in [0.2, 0.25) is 0 Å². The van der Waals surface area contributed by atoms with Crippen LogP contribution in [0.3, 0.4) is 0 Å². The van der Waals surface area contributed by atoms with E-state index in [-0.39, 0.29) is 20.9 Å². The molecule has 146 valence electrons. The molecule has 0 saturated heterocycles. The van der Waals surface area contributed by atoms with E-state index in [1.807, 2.05) is 20.8 Å². The Balaban J connectivity index is 2.59. The number of sulfonamides is 1. The summed E-state index contributed by atoms with van der Waals surface area (Å²) in [6.07, 6.45) is 0.480. The standard InChI is InChI=1S/C18H20BrNO5S2/c1-18(2,3)12-5-6-15(13(19)11-12)27(23,24)20(8-9-21)14-7-10-26-16(14)17(22)25-4/h5-7,9-11H,8H2,1-4H3. The molecule has 0 aliphatic rings. The lowest BCUT2D eigenvalue weighted by Gasteiger charge is -2.24. The van der Waals surface area contributed by atoms with Gasteiger partial charge in [-0.05, 0) is 50.5 Å². The topological polar surface area (TPSA) is 80.8 Å². The van der Waals surface area contributed by atoms with E-state index < -0.39 is 22.5 Å². The summed E-state index contributed by atoms with van der Waals surface area (Å²) in [4.78, 5) is 23.3. The van der Waals surface area contributed by atoms with Crippen molar-refractivity contribution in [2.24, 2.45) is 0 Å². The zero-order valence-electron chi connectivity index (χ0n) is 15.4. The molecule has 1 aromatic carbocycles. The van der Waals surface area contributed by atoms with Crippen molar-refractivity contribution < 1.29 is 22.7 Å². The molecular weight excluding hydrogens is 454 g/mol. The molecule has 0 bridgehead atoms. The summed E-state index contributed by atoms with van der Waals surface area (Å²) >= 11 is 4.39. The lowest BCUT2D eigenvalue weighted by atomic mass is 9.87. The molecule has 0 N–H and O–H groups in total. The highest BCUT2D eigenvalue weighted by Gasteiger charge is 2.31. The number of anilines is 1. The Hall–Kier alpha value is -1.71. The second-order valence-corrected chi connectivity index (χ2v) is 10.3. The number of carbonyl (C=O) groups is 2. The number of methoxy groups -OCH3 is 1. The van der Waals surface area contributed by atoms with Crippen LogP contribution in [-0.2, 0) is 25.0 Å². The van der Waals surface area contributed by atoms with Crippen molar-refractivity contribution in [3.05, 3.63) is 44.6 Å². The maximum absolute atomic E-state index is 13.3. The molecule has 0 spiro atoms. The Morgan fingerprint density at radius 1 is 1.30 bits per heavy atom. The molecule has 27 heavy (non-hydrogen) atoms. The number of hydrogen-bond acceptors (Lipinski definition) is 6. The molecule has 1 aromatic heterocycles. The average Bonchev–Trinajstić information content (AvgIpc) is 3.06. The molecule has 0 unspecified atom stereocenters. The molecule has 0 radical (unpaired) electrons. The van der Waals surface area contributed by atoms with Crippen LogP contribution in [0.15, 0.2) is 39.0 Å². The van der Waals surface area contributed by atoms with Gasteiger partial charge in [0.05, 0.1) is 19.3 Å². The zero-order chi connectivity index (χ0) is 20.4. The third kappa shape index (κ3) is 4.41. The Labute approximate surface area is 171 Å². The largest absolute Gasteiger partial charge is 0.465 e. The van der Waals surface area contributed by atoms with E-state index in [2.05, 4.69) is 15.9 Å². The van der Waals surface area contributed by atoms with Gasteiger partial charge < -0.3 is 9.53 Å². The van der Waals surface area contributed by atoms with E-state index in [0.717, 1.165) is 21.2 Å². The van der Waals surface area contributed by atoms with Crippen molar-refractivity contribution in [1.29, 1.82) is 0 Å². The highest BCUT2D eigenvalue weighted by Crippen LogP contribution is 2.35. The molecular formula is C18H20BrNO5S2. The molecule has 0 aliphatic heterocycles. The van der Waals surface area contributed by atoms with E-state index in [0.29, 0.717) is 10.8 Å². The fourth-order valence-electron chi connectivity index (χ4n) is 2.43. The predicted molar refractivity (Wildman–Crippen MR) is 109 cm³/mol. The number of hydrogen-bond donors (Lipinski definition) is 0. The van der Waals surface area contributed by atoms with Gasteiger partial charge in [0.15, 0.2) is 0 Å². The maximum Gasteiger partial charge on any atom is 0.350 e. The van der Waals surface area contributed by atoms with Crippen LogP contribution in [0.25, 0.3) is 0 Å². The SMILES string of the molecule is COC(=O)c1sccc1N(CC=O)S(=O)(=O)c1ccc(C(C)(C)C)cc1Br. The Morgan fingerprint density at radius 2 is 1.96 bits per heavy atom. The first-order valence-electron chi connectivity index (χ1n) is 7.96. The summed E-state index contributed by atoms with van der Waals surface area (Å²) in [7, 11) is -2.87. The highest BCUT2D eigenvalue weighted by molar-refractivity contribution is 9.10. The lowest BCUT2D eigenvalue weighted by molar-refractivity contribution is -0.106. The van der Waals surface area contributed by atoms with Crippen LogP contribution in [0.1, 0.15) is 36.0 Å². The van der Waals surface area contributed by atoms with E-state index in [9.17, 15) is 18.0 Å². The number of nitrogens with zero attached hydrogens (tertiary/aromatic N) is 1. The van der Waals surface area contributed by atoms with Gasteiger partial charge >= 0.3 is 5.97 Å². The van der Waals surface area contributed by atoms with Gasteiger partial charge in [-0.3, -0.25) is 4.31 Å². The van der Waals surface area contributed by atoms with Gasteiger partial charge in [-0.2, -0.15) is 0 Å². The van der Waals surface area contributed by atoms with Crippen molar-refractivity contribution in [2.75, 3.05) is 18.0 Å². The highest BCUT2D eigenvalue weighted by atomic mass is 79.9. The van der Waals surface area contributed by atoms with Gasteiger partial charge in [-0.25, -0.2) is 13.2 Å². The van der Waals surface area contributed by atoms with Crippen molar-refractivity contribution in [3.8, 4) is 0 Å². The van der Waals surface area contributed by atoms with E-state index in [4.69, 9.17) is 4.74 Å². The predicted octanol–water partition coefficient (Wildman–Crippen LogP) is 3.99. The van der Waals surface area contributed by atoms with Gasteiger partial charge in [0.1, 0.15) is 16.1 Å². The van der Waals surface area contributed by atoms with Crippen LogP contribution in [-0.4, -0.2) is 34.3 Å². The molecule has 0 saturated carbocycles. The summed E-state index contributed by atoms with van der Waals surface area (Å²) in [5.41, 5.74) is 0.922. The number of rotatable bonds is 6. The number of aldehydes is 1. The van der Waals surface area contributed by atoms with Crippen LogP contribution in [0.5, 0.6) is 0 Å². The summed E-state index contributed by atoms with van der Waals surface area (Å²) in [5, 5.41) is 1.58. The van der Waals surface area contributed by atoms with Crippen LogP contribution in [0.4, 0.5) is 5.69 Å². The molecule has 2 aromatic rings. The third-order valence-electron chi connectivity index (χ3n) is 3.89. The Morgan fingerprint density at radius 3 is 2.48 bits per heavy atom. The van der Waals surface area contributed by atoms with Crippen molar-refractivity contribution in [2.45, 2.75) is 31.1 Å². The summed E-state index contributed by atoms with van der Waals surface area (Å²) in [6, 6.07) is 6.48. The van der Waals surface area contributed by atoms with E-state index in [1.165, 1.54) is 19.2 Å².